The van der Waals surface area contributed by atoms with Gasteiger partial charge in [0.15, 0.2) is 5.13 Å². The van der Waals surface area contributed by atoms with Crippen molar-refractivity contribution in [1.29, 1.82) is 0 Å². The summed E-state index contributed by atoms with van der Waals surface area (Å²) in [5, 5.41) is 2.94. The Morgan fingerprint density at radius 1 is 1.30 bits per heavy atom. The number of carbonyl (C=O) groups is 1. The Morgan fingerprint density at radius 2 is 2.09 bits per heavy atom. The standard InChI is InChI=1S/C17H16FN3OS/c1-13-12-14(2-4-15(13)18)3-5-16(22)20-7-9-21(10-8-20)17-19-6-11-23-17/h2,4,6,11-12H,7-10H2,1H3. The fourth-order valence-corrected chi connectivity index (χ4v) is 3.10. The number of aryl methyl sites for hydroxylation is 1. The van der Waals surface area contributed by atoms with Crippen LogP contribution in [-0.2, 0) is 4.79 Å². The molecule has 6 heteroatoms. The van der Waals surface area contributed by atoms with Crippen molar-refractivity contribution in [3.63, 3.8) is 0 Å². The highest BCUT2D eigenvalue weighted by Crippen LogP contribution is 2.18. The van der Waals surface area contributed by atoms with Crippen molar-refractivity contribution in [2.75, 3.05) is 31.1 Å². The predicted octanol–water partition coefficient (Wildman–Crippen LogP) is 2.29. The lowest BCUT2D eigenvalue weighted by atomic mass is 10.1. The summed E-state index contributed by atoms with van der Waals surface area (Å²) in [5.41, 5.74) is 1.18. The van der Waals surface area contributed by atoms with E-state index < -0.39 is 0 Å². The van der Waals surface area contributed by atoms with Crippen LogP contribution in [0.5, 0.6) is 0 Å². The molecule has 2 aromatic rings. The Morgan fingerprint density at radius 3 is 2.74 bits per heavy atom. The van der Waals surface area contributed by atoms with E-state index >= 15 is 0 Å². The van der Waals surface area contributed by atoms with E-state index in [1.807, 2.05) is 5.38 Å². The molecule has 0 aliphatic carbocycles. The molecule has 1 amide bonds. The molecule has 0 bridgehead atoms. The average molecular weight is 329 g/mol. The van der Waals surface area contributed by atoms with Gasteiger partial charge in [0.1, 0.15) is 5.82 Å². The molecule has 0 saturated carbocycles. The van der Waals surface area contributed by atoms with Crippen molar-refractivity contribution < 1.29 is 9.18 Å². The normalized spacial score (nSPS) is 14.3. The summed E-state index contributed by atoms with van der Waals surface area (Å²) in [7, 11) is 0. The third-order valence-corrected chi connectivity index (χ3v) is 4.56. The van der Waals surface area contributed by atoms with Gasteiger partial charge in [-0.1, -0.05) is 5.92 Å². The minimum atomic E-state index is -0.264. The van der Waals surface area contributed by atoms with Gasteiger partial charge in [-0.05, 0) is 30.7 Å². The number of thiazole rings is 1. The van der Waals surface area contributed by atoms with Gasteiger partial charge in [0.05, 0.1) is 0 Å². The number of piperazine rings is 1. The van der Waals surface area contributed by atoms with Gasteiger partial charge in [-0.25, -0.2) is 9.37 Å². The lowest BCUT2D eigenvalue weighted by Gasteiger charge is -2.33. The molecule has 3 rings (SSSR count). The van der Waals surface area contributed by atoms with Gasteiger partial charge in [-0.15, -0.1) is 11.3 Å². The molecule has 23 heavy (non-hydrogen) atoms. The third kappa shape index (κ3) is 3.69. The number of carbonyl (C=O) groups excluding carboxylic acids is 1. The molecule has 118 valence electrons. The van der Waals surface area contributed by atoms with Crippen LogP contribution in [0, 0.1) is 24.6 Å². The monoisotopic (exact) mass is 329 g/mol. The summed E-state index contributed by atoms with van der Waals surface area (Å²) in [6, 6.07) is 4.61. The van der Waals surface area contributed by atoms with E-state index in [-0.39, 0.29) is 11.7 Å². The van der Waals surface area contributed by atoms with Crippen LogP contribution in [0.15, 0.2) is 29.8 Å². The summed E-state index contributed by atoms with van der Waals surface area (Å²) < 4.78 is 13.2. The Hall–Kier alpha value is -2.39. The smallest absolute Gasteiger partial charge is 0.298 e. The molecule has 1 saturated heterocycles. The number of hydrogen-bond acceptors (Lipinski definition) is 4. The lowest BCUT2D eigenvalue weighted by molar-refractivity contribution is -0.125. The van der Waals surface area contributed by atoms with Crippen LogP contribution < -0.4 is 4.90 Å². The van der Waals surface area contributed by atoms with E-state index in [0.717, 1.165) is 18.2 Å². The molecule has 4 nitrogen and oxygen atoms in total. The highest BCUT2D eigenvalue weighted by Gasteiger charge is 2.21. The van der Waals surface area contributed by atoms with Gasteiger partial charge in [-0.2, -0.15) is 0 Å². The van der Waals surface area contributed by atoms with Crippen molar-refractivity contribution in [1.82, 2.24) is 9.88 Å². The molecular weight excluding hydrogens is 313 g/mol. The van der Waals surface area contributed by atoms with Crippen LogP contribution >= 0.6 is 11.3 Å². The second kappa shape index (κ2) is 6.80. The molecule has 1 aliphatic rings. The summed E-state index contributed by atoms with van der Waals surface area (Å²) in [4.78, 5) is 20.4. The minimum absolute atomic E-state index is 0.189. The molecule has 1 fully saturated rings. The van der Waals surface area contributed by atoms with Gasteiger partial charge in [0.25, 0.3) is 5.91 Å². The van der Waals surface area contributed by atoms with Crippen LogP contribution in [0.1, 0.15) is 11.1 Å². The Balaban J connectivity index is 1.60. The molecule has 0 spiro atoms. The molecule has 1 aromatic heterocycles. The third-order valence-electron chi connectivity index (χ3n) is 3.73. The molecule has 2 heterocycles. The molecule has 1 aliphatic heterocycles. The van der Waals surface area contributed by atoms with Crippen LogP contribution in [0.2, 0.25) is 0 Å². The highest BCUT2D eigenvalue weighted by molar-refractivity contribution is 7.13. The van der Waals surface area contributed by atoms with Crippen LogP contribution in [0.4, 0.5) is 9.52 Å². The highest BCUT2D eigenvalue weighted by atomic mass is 32.1. The van der Waals surface area contributed by atoms with Gasteiger partial charge >= 0.3 is 0 Å². The van der Waals surface area contributed by atoms with Gasteiger partial charge in [-0.3, -0.25) is 4.79 Å². The van der Waals surface area contributed by atoms with E-state index in [4.69, 9.17) is 0 Å². The number of rotatable bonds is 1. The first-order chi connectivity index (χ1) is 11.1. The quantitative estimate of drug-likeness (QED) is 0.753. The van der Waals surface area contributed by atoms with Gasteiger partial charge in [0.2, 0.25) is 0 Å². The number of nitrogens with zero attached hydrogens (tertiary/aromatic N) is 3. The zero-order valence-electron chi connectivity index (χ0n) is 12.8. The first-order valence-electron chi connectivity index (χ1n) is 7.35. The van der Waals surface area contributed by atoms with Crippen LogP contribution in [-0.4, -0.2) is 42.0 Å². The van der Waals surface area contributed by atoms with Gasteiger partial charge < -0.3 is 9.80 Å². The van der Waals surface area contributed by atoms with E-state index in [1.54, 1.807) is 41.5 Å². The first kappa shape index (κ1) is 15.5. The summed E-state index contributed by atoms with van der Waals surface area (Å²) >= 11 is 1.60. The molecule has 0 atom stereocenters. The van der Waals surface area contributed by atoms with E-state index in [1.165, 1.54) is 6.07 Å². The summed E-state index contributed by atoms with van der Waals surface area (Å²) in [6.07, 6.45) is 1.79. The lowest BCUT2D eigenvalue weighted by Crippen LogP contribution is -2.48. The second-order valence-corrected chi connectivity index (χ2v) is 6.18. The largest absolute Gasteiger partial charge is 0.345 e. The maximum atomic E-state index is 13.2. The predicted molar refractivity (Wildman–Crippen MR) is 88.9 cm³/mol. The van der Waals surface area contributed by atoms with Crippen molar-refractivity contribution in [3.05, 3.63) is 46.7 Å². The average Bonchev–Trinajstić information content (AvgIpc) is 3.10. The van der Waals surface area contributed by atoms with E-state index in [0.29, 0.717) is 24.2 Å². The number of aromatic nitrogens is 1. The number of benzene rings is 1. The zero-order valence-corrected chi connectivity index (χ0v) is 13.6. The van der Waals surface area contributed by atoms with Crippen molar-refractivity contribution in [3.8, 4) is 11.8 Å². The van der Waals surface area contributed by atoms with E-state index in [9.17, 15) is 9.18 Å². The summed E-state index contributed by atoms with van der Waals surface area (Å²) in [5.74, 6) is 5.01. The molecule has 1 aromatic carbocycles. The van der Waals surface area contributed by atoms with Crippen molar-refractivity contribution in [2.45, 2.75) is 6.92 Å². The van der Waals surface area contributed by atoms with Crippen LogP contribution in [0.3, 0.4) is 0 Å². The Bertz CT molecular complexity index is 756. The number of amides is 1. The van der Waals surface area contributed by atoms with Crippen molar-refractivity contribution in [2.24, 2.45) is 0 Å². The Kier molecular flexibility index (Phi) is 4.58. The topological polar surface area (TPSA) is 36.4 Å². The fourth-order valence-electron chi connectivity index (χ4n) is 2.40. The minimum Gasteiger partial charge on any atom is -0.345 e. The SMILES string of the molecule is Cc1cc(C#CC(=O)N2CCN(c3nccs3)CC2)ccc1F. The molecule has 0 N–H and O–H groups in total. The Labute approximate surface area is 138 Å². The number of anilines is 1. The number of hydrogen-bond donors (Lipinski definition) is 0. The first-order valence-corrected chi connectivity index (χ1v) is 8.23. The molecule has 0 radical (unpaired) electrons. The fraction of sp³-hybridized carbons (Fsp3) is 0.294. The van der Waals surface area contributed by atoms with Crippen molar-refractivity contribution >= 4 is 22.4 Å². The maximum Gasteiger partial charge on any atom is 0.298 e. The van der Waals surface area contributed by atoms with E-state index in [2.05, 4.69) is 21.7 Å². The molecular formula is C17H16FN3OS. The second-order valence-electron chi connectivity index (χ2n) is 5.31. The van der Waals surface area contributed by atoms with Crippen LogP contribution in [0.25, 0.3) is 0 Å². The number of halogens is 1. The molecule has 0 unspecified atom stereocenters. The van der Waals surface area contributed by atoms with Gasteiger partial charge in [0, 0.05) is 49.2 Å². The summed E-state index contributed by atoms with van der Waals surface area (Å²) in [6.45, 7) is 4.47. The zero-order chi connectivity index (χ0) is 16.2. The maximum absolute atomic E-state index is 13.2.